The fourth-order valence-corrected chi connectivity index (χ4v) is 6.04. The first kappa shape index (κ1) is 28.4. The van der Waals surface area contributed by atoms with Crippen molar-refractivity contribution in [3.63, 3.8) is 0 Å². The molecule has 1 N–H and O–H groups in total. The van der Waals surface area contributed by atoms with E-state index < -0.39 is 27.6 Å². The van der Waals surface area contributed by atoms with Gasteiger partial charge in [-0.2, -0.15) is 17.5 Å². The molecular weight excluding hydrogens is 558 g/mol. The fraction of sp³-hybridized carbons (Fsp3) is 0.200. The van der Waals surface area contributed by atoms with Gasteiger partial charge in [-0.3, -0.25) is 9.78 Å². The summed E-state index contributed by atoms with van der Waals surface area (Å²) in [7, 11) is -4.21. The Bertz CT molecular complexity index is 1630. The third kappa shape index (κ3) is 6.80. The zero-order valence-corrected chi connectivity index (χ0v) is 22.4. The van der Waals surface area contributed by atoms with Gasteiger partial charge in [0.2, 0.25) is 15.9 Å². The molecule has 0 radical (unpaired) electrons. The molecule has 2 atom stereocenters. The molecule has 5 rings (SSSR count). The van der Waals surface area contributed by atoms with E-state index >= 15 is 0 Å². The average molecular weight is 584 g/mol. The number of anilines is 1. The quantitative estimate of drug-likeness (QED) is 0.232. The second kappa shape index (κ2) is 11.4. The lowest BCUT2D eigenvalue weighted by Gasteiger charge is -2.23. The van der Waals surface area contributed by atoms with Crippen LogP contribution in [0.5, 0.6) is 0 Å². The lowest BCUT2D eigenvalue weighted by atomic mass is 10.1. The first-order chi connectivity index (χ1) is 19.5. The van der Waals surface area contributed by atoms with E-state index in [9.17, 15) is 30.8 Å². The number of aromatic nitrogens is 1. The molecule has 1 aliphatic rings. The van der Waals surface area contributed by atoms with Gasteiger partial charge in [0.1, 0.15) is 5.82 Å². The van der Waals surface area contributed by atoms with Gasteiger partial charge >= 0.3 is 6.18 Å². The molecule has 4 aromatic rings. The van der Waals surface area contributed by atoms with Gasteiger partial charge in [0, 0.05) is 37.1 Å². The van der Waals surface area contributed by atoms with Crippen LogP contribution in [0.3, 0.4) is 0 Å². The minimum atomic E-state index is -4.59. The molecule has 0 aliphatic heterocycles. The van der Waals surface area contributed by atoms with Crippen LogP contribution in [-0.2, 0) is 34.1 Å². The molecule has 212 valence electrons. The van der Waals surface area contributed by atoms with E-state index in [1.165, 1.54) is 60.7 Å². The van der Waals surface area contributed by atoms with Crippen molar-refractivity contribution in [2.75, 3.05) is 5.32 Å². The third-order valence-electron chi connectivity index (χ3n) is 6.91. The Morgan fingerprint density at radius 1 is 0.902 bits per heavy atom. The Morgan fingerprint density at radius 2 is 1.56 bits per heavy atom. The summed E-state index contributed by atoms with van der Waals surface area (Å²) in [6.07, 6.45) is -0.533. The van der Waals surface area contributed by atoms with Crippen LogP contribution in [0.2, 0.25) is 0 Å². The van der Waals surface area contributed by atoms with Gasteiger partial charge in [0.15, 0.2) is 0 Å². The van der Waals surface area contributed by atoms with Crippen molar-refractivity contribution in [2.45, 2.75) is 36.5 Å². The van der Waals surface area contributed by atoms with Crippen molar-refractivity contribution in [3.8, 4) is 0 Å². The van der Waals surface area contributed by atoms with E-state index in [2.05, 4.69) is 10.3 Å². The summed E-state index contributed by atoms with van der Waals surface area (Å²) in [6, 6.07) is 19.0. The van der Waals surface area contributed by atoms with E-state index in [4.69, 9.17) is 0 Å². The molecule has 1 amide bonds. The van der Waals surface area contributed by atoms with Gasteiger partial charge < -0.3 is 5.32 Å². The van der Waals surface area contributed by atoms with Gasteiger partial charge in [0.05, 0.1) is 10.5 Å². The molecule has 0 spiro atoms. The van der Waals surface area contributed by atoms with Crippen LogP contribution in [-0.4, -0.2) is 23.6 Å². The minimum absolute atomic E-state index is 0.105. The van der Waals surface area contributed by atoms with E-state index in [1.807, 2.05) is 12.1 Å². The number of amides is 1. The van der Waals surface area contributed by atoms with Gasteiger partial charge in [0.25, 0.3) is 0 Å². The fourth-order valence-electron chi connectivity index (χ4n) is 4.63. The number of hydrogen-bond acceptors (Lipinski definition) is 4. The molecule has 1 heterocycles. The van der Waals surface area contributed by atoms with E-state index in [-0.39, 0.29) is 41.3 Å². The molecule has 6 nitrogen and oxygen atoms in total. The zero-order chi connectivity index (χ0) is 29.2. The Morgan fingerprint density at radius 3 is 2.22 bits per heavy atom. The highest BCUT2D eigenvalue weighted by Gasteiger charge is 2.44. The van der Waals surface area contributed by atoms with Crippen LogP contribution in [0.25, 0.3) is 0 Å². The zero-order valence-electron chi connectivity index (χ0n) is 21.6. The topological polar surface area (TPSA) is 79.4 Å². The maximum absolute atomic E-state index is 13.7. The van der Waals surface area contributed by atoms with Gasteiger partial charge in [-0.15, -0.1) is 0 Å². The Labute approximate surface area is 234 Å². The highest BCUT2D eigenvalue weighted by atomic mass is 32.2. The van der Waals surface area contributed by atoms with Crippen molar-refractivity contribution in [3.05, 3.63) is 125 Å². The smallest absolute Gasteiger partial charge is 0.326 e. The van der Waals surface area contributed by atoms with Crippen LogP contribution in [0.15, 0.2) is 102 Å². The number of pyridine rings is 1. The number of rotatable bonds is 9. The number of nitrogens with one attached hydrogen (secondary N) is 1. The predicted molar refractivity (Wildman–Crippen MR) is 144 cm³/mol. The molecule has 1 aromatic heterocycles. The molecule has 11 heteroatoms. The highest BCUT2D eigenvalue weighted by molar-refractivity contribution is 7.89. The normalized spacial score (nSPS) is 16.9. The molecule has 1 saturated carbocycles. The molecule has 0 saturated heterocycles. The minimum Gasteiger partial charge on any atom is -0.326 e. The molecular formula is C30H25F4N3O3S. The standard InChI is InChI=1S/C30H25F4N3O3S/c31-24-6-4-20(5-7-24)18-37(19-21-2-1-3-23(16-21)30(32,33)34)41(39,40)26-10-8-25(9-11-26)36-29(38)28-17-27(28)22-12-14-35-15-13-22/h1-16,27-28H,17-19H2,(H,36,38). The van der Waals surface area contributed by atoms with Crippen LogP contribution in [0.4, 0.5) is 23.2 Å². The Kier molecular flexibility index (Phi) is 7.92. The summed E-state index contributed by atoms with van der Waals surface area (Å²) >= 11 is 0. The maximum atomic E-state index is 13.7. The summed E-state index contributed by atoms with van der Waals surface area (Å²) < 4.78 is 81.7. The Hall–Kier alpha value is -4.09. The first-order valence-electron chi connectivity index (χ1n) is 12.7. The second-order valence-electron chi connectivity index (χ2n) is 9.84. The summed E-state index contributed by atoms with van der Waals surface area (Å²) in [5.41, 5.74) is 1.15. The highest BCUT2D eigenvalue weighted by Crippen LogP contribution is 2.47. The van der Waals surface area contributed by atoms with Crippen molar-refractivity contribution < 1.29 is 30.8 Å². The van der Waals surface area contributed by atoms with Crippen LogP contribution in [0.1, 0.15) is 34.6 Å². The summed E-state index contributed by atoms with van der Waals surface area (Å²) in [4.78, 5) is 16.6. The summed E-state index contributed by atoms with van der Waals surface area (Å²) in [5, 5.41) is 2.81. The number of benzene rings is 3. The molecule has 0 bridgehead atoms. The van der Waals surface area contributed by atoms with Crippen molar-refractivity contribution in [1.29, 1.82) is 0 Å². The number of sulfonamides is 1. The van der Waals surface area contributed by atoms with Crippen LogP contribution >= 0.6 is 0 Å². The first-order valence-corrected chi connectivity index (χ1v) is 14.2. The number of carbonyl (C=O) groups excluding carboxylic acids is 1. The third-order valence-corrected chi connectivity index (χ3v) is 8.71. The van der Waals surface area contributed by atoms with E-state index in [1.54, 1.807) is 12.4 Å². The summed E-state index contributed by atoms with van der Waals surface area (Å²) in [6.45, 7) is -0.546. The lowest BCUT2D eigenvalue weighted by molar-refractivity contribution is -0.137. The lowest BCUT2D eigenvalue weighted by Crippen LogP contribution is -2.30. The van der Waals surface area contributed by atoms with Gasteiger partial charge in [-0.1, -0.05) is 30.3 Å². The molecule has 41 heavy (non-hydrogen) atoms. The van der Waals surface area contributed by atoms with Crippen LogP contribution in [0, 0.1) is 11.7 Å². The number of carbonyl (C=O) groups is 1. The van der Waals surface area contributed by atoms with Crippen molar-refractivity contribution in [1.82, 2.24) is 9.29 Å². The number of nitrogens with zero attached hydrogens (tertiary/aromatic N) is 2. The van der Waals surface area contributed by atoms with Gasteiger partial charge in [-0.05, 0) is 83.6 Å². The monoisotopic (exact) mass is 583 g/mol. The van der Waals surface area contributed by atoms with Crippen LogP contribution < -0.4 is 5.32 Å². The van der Waals surface area contributed by atoms with Crippen molar-refractivity contribution in [2.24, 2.45) is 5.92 Å². The largest absolute Gasteiger partial charge is 0.416 e. The Balaban J connectivity index is 1.34. The molecule has 1 fully saturated rings. The average Bonchev–Trinajstić information content (AvgIpc) is 3.76. The number of alkyl halides is 3. The van der Waals surface area contributed by atoms with Crippen molar-refractivity contribution >= 4 is 21.6 Å². The maximum Gasteiger partial charge on any atom is 0.416 e. The molecule has 1 aliphatic carbocycles. The molecule has 3 aromatic carbocycles. The number of hydrogen-bond donors (Lipinski definition) is 1. The van der Waals surface area contributed by atoms with Gasteiger partial charge in [-0.25, -0.2) is 12.8 Å². The second-order valence-corrected chi connectivity index (χ2v) is 11.8. The number of halogens is 4. The SMILES string of the molecule is O=C(Nc1ccc(S(=O)(=O)N(Cc2ccc(F)cc2)Cc2cccc(C(F)(F)F)c2)cc1)C1CC1c1ccncc1. The predicted octanol–water partition coefficient (Wildman–Crippen LogP) is 6.37. The van der Waals surface area contributed by atoms with E-state index in [0.717, 1.165) is 22.0 Å². The molecule has 2 unspecified atom stereocenters. The summed E-state index contributed by atoms with van der Waals surface area (Å²) in [5.74, 6) is -0.769. The van der Waals surface area contributed by atoms with E-state index in [0.29, 0.717) is 17.7 Å².